The highest BCUT2D eigenvalue weighted by Gasteiger charge is 2.58. The molecule has 5 nitrogen and oxygen atoms in total. The number of nitrogens with zero attached hydrogens (tertiary/aromatic N) is 2. The number of benzene rings is 2. The van der Waals surface area contributed by atoms with Crippen LogP contribution in [0.1, 0.15) is 61.5 Å². The van der Waals surface area contributed by atoms with Crippen LogP contribution in [-0.4, -0.2) is 29.1 Å². The molecule has 2 heterocycles. The second-order valence-electron chi connectivity index (χ2n) is 10.0. The van der Waals surface area contributed by atoms with Gasteiger partial charge in [0, 0.05) is 28.9 Å². The Morgan fingerprint density at radius 1 is 1.09 bits per heavy atom. The molecule has 0 radical (unpaired) electrons. The Kier molecular flexibility index (Phi) is 4.73. The van der Waals surface area contributed by atoms with Crippen molar-refractivity contribution in [1.82, 2.24) is 9.97 Å². The first-order valence-corrected chi connectivity index (χ1v) is 11.8. The Morgan fingerprint density at radius 3 is 2.44 bits per heavy atom. The lowest BCUT2D eigenvalue weighted by Gasteiger charge is -2.39. The first-order chi connectivity index (χ1) is 16.2. The molecule has 34 heavy (non-hydrogen) atoms. The minimum atomic E-state index is -2.83. The molecule has 2 saturated carbocycles. The average Bonchev–Trinajstić information content (AvgIpc) is 3.45. The van der Waals surface area contributed by atoms with Crippen LogP contribution in [0.25, 0.3) is 10.9 Å². The summed E-state index contributed by atoms with van der Waals surface area (Å²) in [5.41, 5.74) is 1.18. The van der Waals surface area contributed by atoms with Gasteiger partial charge in [-0.1, -0.05) is 24.6 Å². The van der Waals surface area contributed by atoms with Gasteiger partial charge in [-0.3, -0.25) is 0 Å². The Morgan fingerprint density at radius 2 is 1.79 bits per heavy atom. The molecule has 178 valence electrons. The van der Waals surface area contributed by atoms with E-state index in [1.54, 1.807) is 26.0 Å². The average molecular weight is 470 g/mol. The monoisotopic (exact) mass is 469 g/mol. The van der Waals surface area contributed by atoms with Gasteiger partial charge in [0.15, 0.2) is 11.5 Å². The summed E-state index contributed by atoms with van der Waals surface area (Å²) in [6.07, 6.45) is 3.08. The number of ether oxygens (including phenoxy) is 2. The van der Waals surface area contributed by atoms with Gasteiger partial charge in [0.1, 0.15) is 17.5 Å². The normalized spacial score (nSPS) is 22.7. The van der Waals surface area contributed by atoms with E-state index in [0.29, 0.717) is 47.4 Å². The summed E-state index contributed by atoms with van der Waals surface area (Å²) in [7, 11) is 0. The number of aryl methyl sites for hydroxylation is 1. The minimum absolute atomic E-state index is 0.0701. The molecule has 0 bridgehead atoms. The highest BCUT2D eigenvalue weighted by atomic mass is 19.3. The van der Waals surface area contributed by atoms with E-state index in [-0.39, 0.29) is 17.4 Å². The van der Waals surface area contributed by atoms with Crippen LogP contribution < -0.4 is 14.8 Å². The van der Waals surface area contributed by atoms with Crippen molar-refractivity contribution in [3.05, 3.63) is 53.1 Å². The minimum Gasteiger partial charge on any atom is -0.489 e. The fraction of sp³-hybridized carbons (Fsp3) is 0.462. The predicted molar refractivity (Wildman–Crippen MR) is 122 cm³/mol. The van der Waals surface area contributed by atoms with Crippen molar-refractivity contribution in [2.24, 2.45) is 5.41 Å². The summed E-state index contributed by atoms with van der Waals surface area (Å²) in [5, 5.41) is 4.01. The lowest BCUT2D eigenvalue weighted by molar-refractivity contribution is 0.0268. The van der Waals surface area contributed by atoms with Crippen LogP contribution in [0.5, 0.6) is 11.5 Å². The van der Waals surface area contributed by atoms with Crippen LogP contribution in [0.2, 0.25) is 0 Å². The third kappa shape index (κ3) is 3.54. The molecule has 3 aromatic rings. The van der Waals surface area contributed by atoms with E-state index in [4.69, 9.17) is 9.47 Å². The molecule has 8 heteroatoms. The van der Waals surface area contributed by atoms with Gasteiger partial charge in [0.25, 0.3) is 5.92 Å². The molecule has 2 unspecified atom stereocenters. The standard InChI is InChI=1S/C26H26F3N3O2/c1-14(16-5-3-6-17(23(16)27)19-11-26(19,28)29)30-24-18-9-21-22(10-20(18)31-15(2)32-24)34-13-25(12-33-21)7-4-8-25/h3,5-6,9-10,14,19H,4,7-8,11-13H2,1-2H3,(H,30,31,32). The second-order valence-corrected chi connectivity index (χ2v) is 10.0. The van der Waals surface area contributed by atoms with Crippen LogP contribution in [0.3, 0.4) is 0 Å². The van der Waals surface area contributed by atoms with E-state index < -0.39 is 23.7 Å². The van der Waals surface area contributed by atoms with Crippen molar-refractivity contribution in [2.45, 2.75) is 57.4 Å². The zero-order chi connectivity index (χ0) is 23.7. The summed E-state index contributed by atoms with van der Waals surface area (Å²) < 4.78 is 54.6. The van der Waals surface area contributed by atoms with Gasteiger partial charge in [-0.2, -0.15) is 0 Å². The van der Waals surface area contributed by atoms with E-state index >= 15 is 4.39 Å². The SMILES string of the molecule is Cc1nc(NC(C)c2cccc(C3CC3(F)F)c2F)c2cc3c(cc2n1)OCC1(CCC1)CO3. The van der Waals surface area contributed by atoms with Crippen molar-refractivity contribution in [1.29, 1.82) is 0 Å². The third-order valence-electron chi connectivity index (χ3n) is 7.43. The lowest BCUT2D eigenvalue weighted by Crippen LogP contribution is -2.39. The maximum atomic E-state index is 15.2. The van der Waals surface area contributed by atoms with Crippen LogP contribution in [0.4, 0.5) is 19.0 Å². The van der Waals surface area contributed by atoms with Gasteiger partial charge in [-0.25, -0.2) is 23.1 Å². The van der Waals surface area contributed by atoms with E-state index in [2.05, 4.69) is 15.3 Å². The van der Waals surface area contributed by atoms with Crippen molar-refractivity contribution >= 4 is 16.7 Å². The van der Waals surface area contributed by atoms with Crippen LogP contribution in [-0.2, 0) is 0 Å². The number of alkyl halides is 2. The molecule has 1 spiro atoms. The number of hydrogen-bond donors (Lipinski definition) is 1. The molecule has 0 saturated heterocycles. The maximum absolute atomic E-state index is 15.2. The van der Waals surface area contributed by atoms with Gasteiger partial charge in [0.05, 0.1) is 30.7 Å². The highest BCUT2D eigenvalue weighted by Crippen LogP contribution is 2.56. The van der Waals surface area contributed by atoms with Crippen molar-refractivity contribution < 1.29 is 22.6 Å². The number of halogens is 3. The molecule has 2 aliphatic carbocycles. The molecular formula is C26H26F3N3O2. The van der Waals surface area contributed by atoms with E-state index in [1.807, 2.05) is 12.1 Å². The van der Waals surface area contributed by atoms with Gasteiger partial charge in [0.2, 0.25) is 0 Å². The van der Waals surface area contributed by atoms with Gasteiger partial charge in [-0.05, 0) is 38.3 Å². The Bertz CT molecular complexity index is 1290. The van der Waals surface area contributed by atoms with Gasteiger partial charge in [-0.15, -0.1) is 0 Å². The van der Waals surface area contributed by atoms with Crippen molar-refractivity contribution in [2.75, 3.05) is 18.5 Å². The Balaban J connectivity index is 1.33. The summed E-state index contributed by atoms with van der Waals surface area (Å²) in [6.45, 7) is 4.83. The Hall–Kier alpha value is -3.03. The molecule has 0 amide bonds. The van der Waals surface area contributed by atoms with E-state index in [1.165, 1.54) is 12.5 Å². The van der Waals surface area contributed by atoms with Gasteiger partial charge < -0.3 is 14.8 Å². The second kappa shape index (κ2) is 7.48. The number of anilines is 1. The molecule has 2 atom stereocenters. The number of rotatable bonds is 4. The topological polar surface area (TPSA) is 56.3 Å². The first-order valence-electron chi connectivity index (χ1n) is 11.8. The number of nitrogens with one attached hydrogen (secondary N) is 1. The van der Waals surface area contributed by atoms with Crippen molar-refractivity contribution in [3.63, 3.8) is 0 Å². The number of fused-ring (bicyclic) bond motifs is 2. The molecule has 1 aliphatic heterocycles. The molecule has 2 fully saturated rings. The molecular weight excluding hydrogens is 443 g/mol. The molecule has 2 aromatic carbocycles. The summed E-state index contributed by atoms with van der Waals surface area (Å²) in [4.78, 5) is 9.12. The molecule has 1 aromatic heterocycles. The van der Waals surface area contributed by atoms with Gasteiger partial charge >= 0.3 is 0 Å². The number of hydrogen-bond acceptors (Lipinski definition) is 5. The molecule has 3 aliphatic rings. The summed E-state index contributed by atoms with van der Waals surface area (Å²) >= 11 is 0. The smallest absolute Gasteiger partial charge is 0.256 e. The van der Waals surface area contributed by atoms with E-state index in [0.717, 1.165) is 18.2 Å². The largest absolute Gasteiger partial charge is 0.489 e. The zero-order valence-electron chi connectivity index (χ0n) is 19.1. The predicted octanol–water partition coefficient (Wildman–Crippen LogP) is 6.31. The quantitative estimate of drug-likeness (QED) is 0.485. The fourth-order valence-corrected chi connectivity index (χ4v) is 5.06. The van der Waals surface area contributed by atoms with Crippen LogP contribution in [0, 0.1) is 18.2 Å². The fourth-order valence-electron chi connectivity index (χ4n) is 5.06. The Labute approximate surface area is 195 Å². The first kappa shape index (κ1) is 21.5. The highest BCUT2D eigenvalue weighted by molar-refractivity contribution is 5.92. The molecule has 1 N–H and O–H groups in total. The zero-order valence-corrected chi connectivity index (χ0v) is 19.1. The molecule has 6 rings (SSSR count). The van der Waals surface area contributed by atoms with E-state index in [9.17, 15) is 8.78 Å². The van der Waals surface area contributed by atoms with Crippen LogP contribution in [0.15, 0.2) is 30.3 Å². The summed E-state index contributed by atoms with van der Waals surface area (Å²) in [5.74, 6) is -2.07. The van der Waals surface area contributed by atoms with Crippen molar-refractivity contribution in [3.8, 4) is 11.5 Å². The third-order valence-corrected chi connectivity index (χ3v) is 7.43. The van der Waals surface area contributed by atoms with Crippen LogP contribution >= 0.6 is 0 Å². The lowest BCUT2D eigenvalue weighted by atomic mass is 9.70. The summed E-state index contributed by atoms with van der Waals surface area (Å²) in [6, 6.07) is 7.93. The maximum Gasteiger partial charge on any atom is 0.256 e. The number of aromatic nitrogens is 2.